The Morgan fingerprint density at radius 1 is 1.45 bits per heavy atom. The number of hydrogen-bond acceptors (Lipinski definition) is 3. The first-order valence-corrected chi connectivity index (χ1v) is 7.75. The molecule has 0 bridgehead atoms. The van der Waals surface area contributed by atoms with E-state index < -0.39 is 0 Å². The Hall–Kier alpha value is -1.42. The van der Waals surface area contributed by atoms with Gasteiger partial charge < -0.3 is 9.88 Å². The summed E-state index contributed by atoms with van der Waals surface area (Å²) in [5, 5.41) is 3.74. The van der Waals surface area contributed by atoms with Crippen molar-refractivity contribution in [2.75, 3.05) is 6.54 Å². The van der Waals surface area contributed by atoms with Crippen LogP contribution in [0.15, 0.2) is 18.5 Å². The highest BCUT2D eigenvalue weighted by molar-refractivity contribution is 5.75. The zero-order chi connectivity index (χ0) is 14.2. The van der Waals surface area contributed by atoms with Crippen molar-refractivity contribution in [1.82, 2.24) is 19.9 Å². The van der Waals surface area contributed by atoms with E-state index in [1.54, 1.807) is 0 Å². The largest absolute Gasteiger partial charge is 0.324 e. The molecule has 4 heteroatoms. The Balaban J connectivity index is 2.21. The van der Waals surface area contributed by atoms with E-state index in [4.69, 9.17) is 4.98 Å². The van der Waals surface area contributed by atoms with Gasteiger partial charge in [0.2, 0.25) is 0 Å². The number of fused-ring (bicyclic) bond motifs is 1. The summed E-state index contributed by atoms with van der Waals surface area (Å²) in [5.41, 5.74) is 2.27. The van der Waals surface area contributed by atoms with E-state index in [0.29, 0.717) is 6.04 Å². The van der Waals surface area contributed by atoms with Gasteiger partial charge in [-0.25, -0.2) is 4.98 Å². The molecule has 4 nitrogen and oxygen atoms in total. The predicted molar refractivity (Wildman–Crippen MR) is 81.7 cm³/mol. The molecule has 1 fully saturated rings. The normalized spacial score (nSPS) is 23.0. The van der Waals surface area contributed by atoms with Gasteiger partial charge in [-0.1, -0.05) is 13.3 Å². The third-order valence-corrected chi connectivity index (χ3v) is 4.36. The van der Waals surface area contributed by atoms with Crippen molar-refractivity contribution in [2.24, 2.45) is 0 Å². The van der Waals surface area contributed by atoms with Gasteiger partial charge >= 0.3 is 0 Å². The predicted octanol–water partition coefficient (Wildman–Crippen LogP) is 3.39. The first-order chi connectivity index (χ1) is 9.68. The van der Waals surface area contributed by atoms with Crippen molar-refractivity contribution >= 4 is 11.0 Å². The van der Waals surface area contributed by atoms with Crippen molar-refractivity contribution in [1.29, 1.82) is 0 Å². The van der Waals surface area contributed by atoms with E-state index in [0.717, 1.165) is 18.5 Å². The highest BCUT2D eigenvalue weighted by atomic mass is 15.2. The summed E-state index contributed by atoms with van der Waals surface area (Å²) in [6, 6.07) is 2.49. The minimum Gasteiger partial charge on any atom is -0.324 e. The first-order valence-electron chi connectivity index (χ1n) is 7.75. The lowest BCUT2D eigenvalue weighted by molar-refractivity contribution is 0.316. The summed E-state index contributed by atoms with van der Waals surface area (Å²) in [6.45, 7) is 7.82. The van der Waals surface area contributed by atoms with E-state index in [1.165, 1.54) is 30.6 Å². The molecule has 3 rings (SSSR count). The van der Waals surface area contributed by atoms with E-state index in [9.17, 15) is 0 Å². The number of nitrogens with one attached hydrogen (secondary N) is 1. The molecule has 1 saturated heterocycles. The molecular weight excluding hydrogens is 248 g/mol. The van der Waals surface area contributed by atoms with Gasteiger partial charge in [0.05, 0.1) is 17.3 Å². The van der Waals surface area contributed by atoms with Crippen LogP contribution < -0.4 is 5.32 Å². The maximum atomic E-state index is 4.94. The molecule has 2 aromatic heterocycles. The first kappa shape index (κ1) is 13.6. The summed E-state index contributed by atoms with van der Waals surface area (Å²) in [7, 11) is 0. The quantitative estimate of drug-likeness (QED) is 0.927. The molecule has 108 valence electrons. The smallest absolute Gasteiger partial charge is 0.130 e. The molecule has 20 heavy (non-hydrogen) atoms. The minimum absolute atomic E-state index is 0.0536. The molecule has 1 aliphatic rings. The van der Waals surface area contributed by atoms with E-state index >= 15 is 0 Å². The number of nitrogens with zero attached hydrogens (tertiary/aromatic N) is 3. The summed E-state index contributed by atoms with van der Waals surface area (Å²) in [5.74, 6) is 1.20. The van der Waals surface area contributed by atoms with Crippen molar-refractivity contribution < 1.29 is 0 Å². The van der Waals surface area contributed by atoms with E-state index in [1.807, 2.05) is 12.4 Å². The summed E-state index contributed by atoms with van der Waals surface area (Å²) >= 11 is 0. The topological polar surface area (TPSA) is 42.7 Å². The molecule has 0 saturated carbocycles. The van der Waals surface area contributed by atoms with Gasteiger partial charge in [-0.3, -0.25) is 4.98 Å². The fraction of sp³-hybridized carbons (Fsp3) is 0.625. The van der Waals surface area contributed by atoms with E-state index in [2.05, 4.69) is 41.7 Å². The second kappa shape index (κ2) is 5.17. The van der Waals surface area contributed by atoms with Gasteiger partial charge in [0.25, 0.3) is 0 Å². The Morgan fingerprint density at radius 3 is 2.95 bits per heavy atom. The molecule has 0 amide bonds. The number of imidazole rings is 1. The molecular formula is C16H24N4. The minimum atomic E-state index is 0.0536. The van der Waals surface area contributed by atoms with Gasteiger partial charge in [-0.05, 0) is 45.7 Å². The van der Waals surface area contributed by atoms with Gasteiger partial charge in [0.1, 0.15) is 11.3 Å². The average Bonchev–Trinajstić information content (AvgIpc) is 3.03. The van der Waals surface area contributed by atoms with Crippen LogP contribution in [0, 0.1) is 0 Å². The fourth-order valence-corrected chi connectivity index (χ4v) is 3.56. The molecule has 1 N–H and O–H groups in total. The molecule has 0 aromatic carbocycles. The van der Waals surface area contributed by atoms with Crippen molar-refractivity contribution in [3.8, 4) is 0 Å². The summed E-state index contributed by atoms with van der Waals surface area (Å²) in [6.07, 6.45) is 8.49. The van der Waals surface area contributed by atoms with Crippen LogP contribution in [0.2, 0.25) is 0 Å². The average molecular weight is 272 g/mol. The Bertz CT molecular complexity index is 594. The summed E-state index contributed by atoms with van der Waals surface area (Å²) < 4.78 is 2.39. The molecule has 1 unspecified atom stereocenters. The van der Waals surface area contributed by atoms with Crippen molar-refractivity contribution in [3.05, 3.63) is 24.3 Å². The molecule has 0 aliphatic carbocycles. The summed E-state index contributed by atoms with van der Waals surface area (Å²) in [4.78, 5) is 9.17. The third-order valence-electron chi connectivity index (χ3n) is 4.36. The molecule has 3 heterocycles. The zero-order valence-corrected chi connectivity index (χ0v) is 12.7. The molecule has 2 aromatic rings. The molecule has 1 aliphatic heterocycles. The van der Waals surface area contributed by atoms with Crippen molar-refractivity contribution in [3.63, 3.8) is 0 Å². The number of hydrogen-bond donors (Lipinski definition) is 1. The van der Waals surface area contributed by atoms with E-state index in [-0.39, 0.29) is 5.54 Å². The van der Waals surface area contributed by atoms with Crippen LogP contribution in [0.25, 0.3) is 11.0 Å². The Labute approximate surface area is 120 Å². The molecule has 1 atom stereocenters. The fourth-order valence-electron chi connectivity index (χ4n) is 3.56. The van der Waals surface area contributed by atoms with Crippen LogP contribution in [-0.2, 0) is 5.54 Å². The molecule has 0 radical (unpaired) electrons. The third kappa shape index (κ3) is 2.03. The Kier molecular flexibility index (Phi) is 3.50. The monoisotopic (exact) mass is 272 g/mol. The van der Waals surface area contributed by atoms with Crippen molar-refractivity contribution in [2.45, 2.75) is 58.0 Å². The number of rotatable bonds is 4. The van der Waals surface area contributed by atoms with Crippen LogP contribution in [0.3, 0.4) is 0 Å². The van der Waals surface area contributed by atoms with Gasteiger partial charge in [-0.2, -0.15) is 0 Å². The van der Waals surface area contributed by atoms with Crippen LogP contribution in [0.4, 0.5) is 0 Å². The van der Waals surface area contributed by atoms with Gasteiger partial charge in [0.15, 0.2) is 0 Å². The molecule has 0 spiro atoms. The van der Waals surface area contributed by atoms with Crippen LogP contribution in [0.1, 0.15) is 58.3 Å². The number of pyridine rings is 1. The highest BCUT2D eigenvalue weighted by Gasteiger charge is 2.39. The van der Waals surface area contributed by atoms with Crippen LogP contribution >= 0.6 is 0 Å². The second-order valence-corrected chi connectivity index (χ2v) is 6.13. The van der Waals surface area contributed by atoms with Crippen LogP contribution in [-0.4, -0.2) is 21.1 Å². The second-order valence-electron chi connectivity index (χ2n) is 6.13. The maximum absolute atomic E-state index is 4.94. The SMILES string of the molecule is CCCC1(c2nc3cnccc3n2C(C)C)CCCN1. The standard InChI is InChI=1S/C16H24N4/c1-4-7-16(8-5-9-18-16)15-19-13-11-17-10-6-14(13)20(15)12(2)3/h6,10-12,18H,4-5,7-9H2,1-3H3. The van der Waals surface area contributed by atoms with Gasteiger partial charge in [0, 0.05) is 12.2 Å². The van der Waals surface area contributed by atoms with Crippen LogP contribution in [0.5, 0.6) is 0 Å². The number of aromatic nitrogens is 3. The zero-order valence-electron chi connectivity index (χ0n) is 12.7. The maximum Gasteiger partial charge on any atom is 0.130 e. The lowest BCUT2D eigenvalue weighted by Gasteiger charge is -2.30. The lowest BCUT2D eigenvalue weighted by atomic mass is 9.90. The lowest BCUT2D eigenvalue weighted by Crippen LogP contribution is -2.39. The van der Waals surface area contributed by atoms with Gasteiger partial charge in [-0.15, -0.1) is 0 Å². The highest BCUT2D eigenvalue weighted by Crippen LogP contribution is 2.37. The Morgan fingerprint density at radius 2 is 2.30 bits per heavy atom.